The van der Waals surface area contributed by atoms with Crippen LogP contribution in [-0.4, -0.2) is 9.55 Å². The summed E-state index contributed by atoms with van der Waals surface area (Å²) in [6.45, 7) is 2.58. The van der Waals surface area contributed by atoms with E-state index in [0.717, 1.165) is 36.3 Å². The minimum Gasteiger partial charge on any atom is -0.464 e. The van der Waals surface area contributed by atoms with Crippen molar-refractivity contribution < 1.29 is 4.42 Å². The molecule has 0 aliphatic rings. The zero-order valence-corrected chi connectivity index (χ0v) is 12.1. The molecule has 0 bridgehead atoms. The van der Waals surface area contributed by atoms with Gasteiger partial charge in [-0.1, -0.05) is 25.5 Å². The van der Waals surface area contributed by atoms with Crippen molar-refractivity contribution in [1.29, 1.82) is 0 Å². The Hall–Kier alpha value is -2.36. The highest BCUT2D eigenvalue weighted by Crippen LogP contribution is 2.12. The minimum atomic E-state index is -0.0351. The molecule has 3 rings (SSSR count). The Bertz CT molecular complexity index is 802. The molecule has 2 heterocycles. The number of hydrogen-bond donors (Lipinski definition) is 0. The second-order valence-corrected chi connectivity index (χ2v) is 5.17. The molecule has 21 heavy (non-hydrogen) atoms. The lowest BCUT2D eigenvalue weighted by Crippen LogP contribution is -2.20. The number of benzene rings is 1. The zero-order valence-electron chi connectivity index (χ0n) is 12.1. The van der Waals surface area contributed by atoms with Crippen molar-refractivity contribution in [3.05, 3.63) is 64.6 Å². The topological polar surface area (TPSA) is 48.0 Å². The molecule has 0 atom stereocenters. The molecule has 4 nitrogen and oxygen atoms in total. The summed E-state index contributed by atoms with van der Waals surface area (Å²) in [4.78, 5) is 16.7. The molecular formula is C17H18N2O2. The fourth-order valence-electron chi connectivity index (χ4n) is 2.38. The first-order chi connectivity index (χ1) is 10.3. The van der Waals surface area contributed by atoms with Gasteiger partial charge in [-0.05, 0) is 30.7 Å². The second-order valence-electron chi connectivity index (χ2n) is 5.17. The number of furan rings is 1. The lowest BCUT2D eigenvalue weighted by molar-refractivity contribution is 0.445. The van der Waals surface area contributed by atoms with E-state index in [4.69, 9.17) is 4.42 Å². The smallest absolute Gasteiger partial charge is 0.261 e. The van der Waals surface area contributed by atoms with Crippen LogP contribution in [0, 0.1) is 0 Å². The second kappa shape index (κ2) is 5.95. The number of hydrogen-bond acceptors (Lipinski definition) is 3. The van der Waals surface area contributed by atoms with Crippen molar-refractivity contribution in [3.63, 3.8) is 0 Å². The first-order valence-electron chi connectivity index (χ1n) is 7.29. The average molecular weight is 282 g/mol. The highest BCUT2D eigenvalue weighted by Gasteiger charge is 2.07. The maximum atomic E-state index is 12.4. The molecule has 0 aliphatic carbocycles. The van der Waals surface area contributed by atoms with E-state index in [9.17, 15) is 4.79 Å². The molecule has 0 fully saturated rings. The molecule has 2 aromatic heterocycles. The third kappa shape index (κ3) is 2.89. The van der Waals surface area contributed by atoms with E-state index in [-0.39, 0.29) is 5.56 Å². The van der Waals surface area contributed by atoms with Gasteiger partial charge in [0, 0.05) is 6.42 Å². The predicted octanol–water partition coefficient (Wildman–Crippen LogP) is 3.38. The minimum absolute atomic E-state index is 0.0351. The van der Waals surface area contributed by atoms with Crippen molar-refractivity contribution in [1.82, 2.24) is 9.55 Å². The molecule has 0 saturated carbocycles. The zero-order chi connectivity index (χ0) is 14.7. The van der Waals surface area contributed by atoms with Gasteiger partial charge in [-0.2, -0.15) is 0 Å². The van der Waals surface area contributed by atoms with Gasteiger partial charge in [0.15, 0.2) is 0 Å². The van der Waals surface area contributed by atoms with Gasteiger partial charge in [-0.15, -0.1) is 0 Å². The first-order valence-corrected chi connectivity index (χ1v) is 7.29. The number of unbranched alkanes of at least 4 members (excludes halogenated alkanes) is 1. The molecule has 108 valence electrons. The molecule has 0 amide bonds. The molecular weight excluding hydrogens is 264 g/mol. The van der Waals surface area contributed by atoms with Gasteiger partial charge in [-0.3, -0.25) is 9.36 Å². The van der Waals surface area contributed by atoms with Crippen LogP contribution in [0.25, 0.3) is 10.9 Å². The number of aromatic nitrogens is 2. The highest BCUT2D eigenvalue weighted by molar-refractivity contribution is 5.76. The van der Waals surface area contributed by atoms with E-state index in [1.54, 1.807) is 17.0 Å². The van der Waals surface area contributed by atoms with E-state index >= 15 is 0 Å². The molecule has 0 unspecified atom stereocenters. The summed E-state index contributed by atoms with van der Waals surface area (Å²) < 4.78 is 7.36. The molecule has 0 N–H and O–H groups in total. The van der Waals surface area contributed by atoms with Gasteiger partial charge in [0.2, 0.25) is 0 Å². The monoisotopic (exact) mass is 282 g/mol. The van der Waals surface area contributed by atoms with Crippen LogP contribution in [0.5, 0.6) is 0 Å². The van der Waals surface area contributed by atoms with Crippen molar-refractivity contribution in [2.45, 2.75) is 32.7 Å². The van der Waals surface area contributed by atoms with Gasteiger partial charge in [0.25, 0.3) is 5.56 Å². The van der Waals surface area contributed by atoms with Gasteiger partial charge >= 0.3 is 0 Å². The quantitative estimate of drug-likeness (QED) is 0.720. The number of nitrogens with zero attached hydrogens (tertiary/aromatic N) is 2. The summed E-state index contributed by atoms with van der Waals surface area (Å²) in [5.41, 5.74) is 0.689. The van der Waals surface area contributed by atoms with E-state index in [1.807, 2.05) is 30.3 Å². The average Bonchev–Trinajstić information content (AvgIpc) is 2.96. The number of aryl methyl sites for hydroxylation is 1. The Balaban J connectivity index is 1.86. The molecule has 0 spiro atoms. The molecule has 0 aliphatic heterocycles. The van der Waals surface area contributed by atoms with Crippen molar-refractivity contribution >= 4 is 10.9 Å². The largest absolute Gasteiger partial charge is 0.464 e. The Labute approximate surface area is 123 Å². The van der Waals surface area contributed by atoms with Crippen LogP contribution in [-0.2, 0) is 13.0 Å². The molecule has 0 radical (unpaired) electrons. The maximum absolute atomic E-state index is 12.4. The van der Waals surface area contributed by atoms with Crippen LogP contribution in [0.4, 0.5) is 0 Å². The first kappa shape index (κ1) is 13.6. The standard InChI is InChI=1S/C17H18N2O2/c1-2-3-6-13-9-10-14(21-13)11-19-12-18-16-8-5-4-7-15(16)17(19)20/h4-5,7-10,12H,2-3,6,11H2,1H3. The Kier molecular flexibility index (Phi) is 3.86. The fraction of sp³-hybridized carbons (Fsp3) is 0.294. The Morgan fingerprint density at radius 1 is 1.14 bits per heavy atom. The van der Waals surface area contributed by atoms with Crippen molar-refractivity contribution in [2.24, 2.45) is 0 Å². The van der Waals surface area contributed by atoms with E-state index in [2.05, 4.69) is 11.9 Å². The van der Waals surface area contributed by atoms with Crippen LogP contribution in [0.15, 0.2) is 51.9 Å². The molecule has 4 heteroatoms. The summed E-state index contributed by atoms with van der Waals surface area (Å²) in [7, 11) is 0. The van der Waals surface area contributed by atoms with Gasteiger partial charge < -0.3 is 4.42 Å². The van der Waals surface area contributed by atoms with Gasteiger partial charge in [0.1, 0.15) is 11.5 Å². The lowest BCUT2D eigenvalue weighted by Gasteiger charge is -2.04. The van der Waals surface area contributed by atoms with E-state index in [1.165, 1.54) is 0 Å². The maximum Gasteiger partial charge on any atom is 0.261 e. The third-order valence-corrected chi connectivity index (χ3v) is 3.55. The van der Waals surface area contributed by atoms with E-state index in [0.29, 0.717) is 11.9 Å². The molecule has 0 saturated heterocycles. The fourth-order valence-corrected chi connectivity index (χ4v) is 2.38. The highest BCUT2D eigenvalue weighted by atomic mass is 16.3. The summed E-state index contributed by atoms with van der Waals surface area (Å²) >= 11 is 0. The van der Waals surface area contributed by atoms with Crippen molar-refractivity contribution in [2.75, 3.05) is 0 Å². The summed E-state index contributed by atoms with van der Waals surface area (Å²) in [6.07, 6.45) is 4.79. The van der Waals surface area contributed by atoms with Gasteiger partial charge in [-0.25, -0.2) is 4.98 Å². The summed E-state index contributed by atoms with van der Waals surface area (Å²) in [5, 5.41) is 0.637. The van der Waals surface area contributed by atoms with Crippen LogP contribution in [0.3, 0.4) is 0 Å². The van der Waals surface area contributed by atoms with Gasteiger partial charge in [0.05, 0.1) is 23.8 Å². The SMILES string of the molecule is CCCCc1ccc(Cn2cnc3ccccc3c2=O)o1. The predicted molar refractivity (Wildman–Crippen MR) is 82.4 cm³/mol. The van der Waals surface area contributed by atoms with Crippen LogP contribution >= 0.6 is 0 Å². The van der Waals surface area contributed by atoms with Crippen LogP contribution < -0.4 is 5.56 Å². The Morgan fingerprint density at radius 3 is 2.81 bits per heavy atom. The number of fused-ring (bicyclic) bond motifs is 1. The number of rotatable bonds is 5. The number of para-hydroxylation sites is 1. The third-order valence-electron chi connectivity index (χ3n) is 3.55. The van der Waals surface area contributed by atoms with Crippen molar-refractivity contribution in [3.8, 4) is 0 Å². The van der Waals surface area contributed by atoms with Crippen LogP contribution in [0.1, 0.15) is 31.3 Å². The molecule has 1 aromatic carbocycles. The summed E-state index contributed by atoms with van der Waals surface area (Å²) in [5.74, 6) is 1.77. The molecule has 3 aromatic rings. The summed E-state index contributed by atoms with van der Waals surface area (Å²) in [6, 6.07) is 11.3. The van der Waals surface area contributed by atoms with Crippen LogP contribution in [0.2, 0.25) is 0 Å². The van der Waals surface area contributed by atoms with E-state index < -0.39 is 0 Å². The normalized spacial score (nSPS) is 11.1. The Morgan fingerprint density at radius 2 is 1.95 bits per heavy atom. The lowest BCUT2D eigenvalue weighted by atomic mass is 10.2.